The van der Waals surface area contributed by atoms with E-state index in [0.717, 1.165) is 18.8 Å². The molecular formula is C15H24N2O. The number of aryl methyl sites for hydroxylation is 2. The highest BCUT2D eigenvalue weighted by Crippen LogP contribution is 2.32. The van der Waals surface area contributed by atoms with E-state index in [0.29, 0.717) is 6.04 Å². The molecule has 1 aliphatic heterocycles. The molecule has 1 aromatic rings. The normalized spacial score (nSPS) is 19.0. The quantitative estimate of drug-likeness (QED) is 0.886. The van der Waals surface area contributed by atoms with Gasteiger partial charge >= 0.3 is 0 Å². The number of ether oxygens (including phenoxy) is 1. The van der Waals surface area contributed by atoms with Gasteiger partial charge in [-0.2, -0.15) is 0 Å². The summed E-state index contributed by atoms with van der Waals surface area (Å²) < 4.78 is 5.53. The summed E-state index contributed by atoms with van der Waals surface area (Å²) in [6, 6.07) is 4.94. The summed E-state index contributed by atoms with van der Waals surface area (Å²) in [5, 5.41) is 3.54. The highest BCUT2D eigenvalue weighted by Gasteiger charge is 2.19. The number of nitrogens with zero attached hydrogens (tertiary/aromatic N) is 1. The van der Waals surface area contributed by atoms with E-state index >= 15 is 0 Å². The molecule has 1 fully saturated rings. The Labute approximate surface area is 110 Å². The Balaban J connectivity index is 2.20. The lowest BCUT2D eigenvalue weighted by Gasteiger charge is -2.27. The van der Waals surface area contributed by atoms with Crippen LogP contribution >= 0.6 is 0 Å². The maximum absolute atomic E-state index is 5.53. The monoisotopic (exact) mass is 248 g/mol. The molecule has 0 amide bonds. The van der Waals surface area contributed by atoms with Crippen LogP contribution in [0.25, 0.3) is 0 Å². The van der Waals surface area contributed by atoms with Crippen molar-refractivity contribution in [3.8, 4) is 5.75 Å². The Kier molecular flexibility index (Phi) is 4.12. The van der Waals surface area contributed by atoms with Gasteiger partial charge in [0.2, 0.25) is 0 Å². The van der Waals surface area contributed by atoms with Crippen molar-refractivity contribution in [1.82, 2.24) is 5.32 Å². The first-order valence-electron chi connectivity index (χ1n) is 6.71. The lowest BCUT2D eigenvalue weighted by Crippen LogP contribution is -2.35. The van der Waals surface area contributed by atoms with Crippen LogP contribution in [0.3, 0.4) is 0 Å². The number of hydrogen-bond acceptors (Lipinski definition) is 3. The molecular weight excluding hydrogens is 224 g/mol. The number of hydrogen-bond donors (Lipinski definition) is 1. The number of rotatable bonds is 4. The first-order valence-corrected chi connectivity index (χ1v) is 6.71. The van der Waals surface area contributed by atoms with E-state index in [1.54, 1.807) is 7.11 Å². The summed E-state index contributed by atoms with van der Waals surface area (Å²) >= 11 is 0. The van der Waals surface area contributed by atoms with Crippen molar-refractivity contribution in [2.45, 2.75) is 32.7 Å². The van der Waals surface area contributed by atoms with E-state index in [-0.39, 0.29) is 0 Å². The molecule has 0 spiro atoms. The van der Waals surface area contributed by atoms with Crippen LogP contribution in [0.2, 0.25) is 0 Å². The minimum Gasteiger partial charge on any atom is -0.495 e. The van der Waals surface area contributed by atoms with Gasteiger partial charge in [-0.3, -0.25) is 0 Å². The van der Waals surface area contributed by atoms with Crippen LogP contribution in [-0.2, 0) is 0 Å². The van der Waals surface area contributed by atoms with E-state index in [1.807, 2.05) is 0 Å². The predicted molar refractivity (Wildman–Crippen MR) is 76.8 cm³/mol. The average molecular weight is 248 g/mol. The van der Waals surface area contributed by atoms with Crippen molar-refractivity contribution < 1.29 is 4.74 Å². The van der Waals surface area contributed by atoms with Crippen LogP contribution in [0.1, 0.15) is 24.0 Å². The van der Waals surface area contributed by atoms with Crippen molar-refractivity contribution in [2.24, 2.45) is 0 Å². The van der Waals surface area contributed by atoms with Gasteiger partial charge < -0.3 is 15.0 Å². The van der Waals surface area contributed by atoms with Gasteiger partial charge in [-0.1, -0.05) is 6.07 Å². The number of nitrogens with one attached hydrogen (secondary N) is 1. The molecule has 100 valence electrons. The lowest BCUT2D eigenvalue weighted by molar-refractivity contribution is 0.413. The standard InChI is InChI=1S/C15H24N2O/c1-11-8-12(2)15(14(9-11)18-4)17(3)10-13-6-5-7-16-13/h8-9,13,16H,5-7,10H2,1-4H3. The molecule has 1 N–H and O–H groups in total. The molecule has 3 heteroatoms. The van der Waals surface area contributed by atoms with Gasteiger partial charge in [0.15, 0.2) is 0 Å². The van der Waals surface area contributed by atoms with Crippen LogP contribution in [0.4, 0.5) is 5.69 Å². The van der Waals surface area contributed by atoms with Crippen LogP contribution < -0.4 is 15.0 Å². The van der Waals surface area contributed by atoms with Crippen LogP contribution in [0, 0.1) is 13.8 Å². The van der Waals surface area contributed by atoms with Crippen LogP contribution in [0.15, 0.2) is 12.1 Å². The molecule has 1 heterocycles. The molecule has 1 atom stereocenters. The third-order valence-corrected chi connectivity index (χ3v) is 3.67. The third-order valence-electron chi connectivity index (χ3n) is 3.67. The van der Waals surface area contributed by atoms with E-state index in [9.17, 15) is 0 Å². The van der Waals surface area contributed by atoms with E-state index in [2.05, 4.69) is 43.2 Å². The Hall–Kier alpha value is -1.22. The van der Waals surface area contributed by atoms with Crippen molar-refractivity contribution in [1.29, 1.82) is 0 Å². The topological polar surface area (TPSA) is 24.5 Å². The summed E-state index contributed by atoms with van der Waals surface area (Å²) in [5.74, 6) is 0.980. The van der Waals surface area contributed by atoms with Crippen LogP contribution in [-0.4, -0.2) is 33.3 Å². The van der Waals surface area contributed by atoms with Gasteiger partial charge in [0.05, 0.1) is 12.8 Å². The number of benzene rings is 1. The fraction of sp³-hybridized carbons (Fsp3) is 0.600. The number of methoxy groups -OCH3 is 1. The molecule has 0 saturated carbocycles. The van der Waals surface area contributed by atoms with Crippen molar-refractivity contribution >= 4 is 5.69 Å². The zero-order valence-corrected chi connectivity index (χ0v) is 11.9. The van der Waals surface area contributed by atoms with E-state index < -0.39 is 0 Å². The highest BCUT2D eigenvalue weighted by molar-refractivity contribution is 5.64. The molecule has 1 saturated heterocycles. The van der Waals surface area contributed by atoms with E-state index in [4.69, 9.17) is 4.74 Å². The summed E-state index contributed by atoms with van der Waals surface area (Å²) in [6.45, 7) is 6.46. The molecule has 1 unspecified atom stereocenters. The van der Waals surface area contributed by atoms with E-state index in [1.165, 1.54) is 29.7 Å². The van der Waals surface area contributed by atoms with Gasteiger partial charge in [0, 0.05) is 19.6 Å². The van der Waals surface area contributed by atoms with Gasteiger partial charge in [0.25, 0.3) is 0 Å². The summed E-state index contributed by atoms with van der Waals surface area (Å²) in [5.41, 5.74) is 3.75. The Morgan fingerprint density at radius 2 is 2.17 bits per heavy atom. The first kappa shape index (κ1) is 13.2. The number of likely N-dealkylation sites (N-methyl/N-ethyl adjacent to an activating group) is 1. The Morgan fingerprint density at radius 1 is 1.39 bits per heavy atom. The molecule has 3 nitrogen and oxygen atoms in total. The zero-order valence-electron chi connectivity index (χ0n) is 11.9. The zero-order chi connectivity index (χ0) is 13.1. The lowest BCUT2D eigenvalue weighted by atomic mass is 10.1. The Morgan fingerprint density at radius 3 is 2.78 bits per heavy atom. The van der Waals surface area contributed by atoms with Crippen LogP contribution in [0.5, 0.6) is 5.75 Å². The summed E-state index contributed by atoms with van der Waals surface area (Å²) in [7, 11) is 3.90. The highest BCUT2D eigenvalue weighted by atomic mass is 16.5. The smallest absolute Gasteiger partial charge is 0.142 e. The minimum absolute atomic E-state index is 0.611. The molecule has 18 heavy (non-hydrogen) atoms. The first-order chi connectivity index (χ1) is 8.61. The predicted octanol–water partition coefficient (Wildman–Crippen LogP) is 2.50. The van der Waals surface area contributed by atoms with Gasteiger partial charge in [0.1, 0.15) is 5.75 Å². The van der Waals surface area contributed by atoms with Crippen molar-refractivity contribution in [3.63, 3.8) is 0 Å². The average Bonchev–Trinajstić information content (AvgIpc) is 2.80. The fourth-order valence-corrected chi connectivity index (χ4v) is 2.90. The molecule has 0 bridgehead atoms. The second kappa shape index (κ2) is 5.61. The Bertz CT molecular complexity index is 411. The molecule has 0 aliphatic carbocycles. The molecule has 1 aromatic carbocycles. The molecule has 2 rings (SSSR count). The fourth-order valence-electron chi connectivity index (χ4n) is 2.90. The molecule has 0 radical (unpaired) electrons. The maximum atomic E-state index is 5.53. The number of anilines is 1. The van der Waals surface area contributed by atoms with Gasteiger partial charge in [-0.25, -0.2) is 0 Å². The second-order valence-electron chi connectivity index (χ2n) is 5.31. The third kappa shape index (κ3) is 2.78. The summed E-state index contributed by atoms with van der Waals surface area (Å²) in [6.07, 6.45) is 2.57. The van der Waals surface area contributed by atoms with Gasteiger partial charge in [-0.15, -0.1) is 0 Å². The van der Waals surface area contributed by atoms with Crippen molar-refractivity contribution in [3.05, 3.63) is 23.3 Å². The SMILES string of the molecule is COc1cc(C)cc(C)c1N(C)CC1CCCN1. The van der Waals surface area contributed by atoms with Crippen molar-refractivity contribution in [2.75, 3.05) is 32.1 Å². The molecule has 0 aromatic heterocycles. The van der Waals surface area contributed by atoms with Gasteiger partial charge in [-0.05, 0) is 50.4 Å². The summed E-state index contributed by atoms with van der Waals surface area (Å²) in [4.78, 5) is 2.32. The molecule has 1 aliphatic rings. The minimum atomic E-state index is 0.611. The largest absolute Gasteiger partial charge is 0.495 e. The maximum Gasteiger partial charge on any atom is 0.142 e. The second-order valence-corrected chi connectivity index (χ2v) is 5.31.